The first kappa shape index (κ1) is 13.0. The highest BCUT2D eigenvalue weighted by atomic mass is 79.9. The van der Waals surface area contributed by atoms with Crippen LogP contribution in [0, 0.1) is 0 Å². The van der Waals surface area contributed by atoms with E-state index in [1.165, 1.54) is 10.8 Å². The standard InChI is InChI=1S/C20H11BrN2/c21-16-10-5-11-17-20(16)23-19-15-9-4-2-7-13(15)12-6-1-3-8-14(12)18(19)22-17/h1-11H. The molecule has 0 unspecified atom stereocenters. The maximum absolute atomic E-state index is 4.95. The highest BCUT2D eigenvalue weighted by molar-refractivity contribution is 9.10. The number of fused-ring (bicyclic) bond motifs is 7. The maximum atomic E-state index is 4.95. The monoisotopic (exact) mass is 358 g/mol. The van der Waals surface area contributed by atoms with Gasteiger partial charge in [-0.25, -0.2) is 9.97 Å². The van der Waals surface area contributed by atoms with Crippen molar-refractivity contribution >= 4 is 59.5 Å². The molecule has 5 aromatic rings. The number of hydrogen-bond donors (Lipinski definition) is 0. The molecule has 0 aliphatic rings. The topological polar surface area (TPSA) is 25.8 Å². The van der Waals surface area contributed by atoms with Crippen molar-refractivity contribution in [1.29, 1.82) is 0 Å². The van der Waals surface area contributed by atoms with Crippen LogP contribution in [0.4, 0.5) is 0 Å². The van der Waals surface area contributed by atoms with Crippen molar-refractivity contribution in [3.05, 3.63) is 71.2 Å². The van der Waals surface area contributed by atoms with Crippen molar-refractivity contribution in [2.24, 2.45) is 0 Å². The Kier molecular flexibility index (Phi) is 2.67. The highest BCUT2D eigenvalue weighted by Gasteiger charge is 2.12. The molecule has 3 heteroatoms. The molecule has 1 heterocycles. The van der Waals surface area contributed by atoms with E-state index >= 15 is 0 Å². The summed E-state index contributed by atoms with van der Waals surface area (Å²) in [5.41, 5.74) is 3.73. The van der Waals surface area contributed by atoms with Crippen molar-refractivity contribution in [2.45, 2.75) is 0 Å². The van der Waals surface area contributed by atoms with Gasteiger partial charge in [-0.2, -0.15) is 0 Å². The Morgan fingerprint density at radius 1 is 0.522 bits per heavy atom. The number of aromatic nitrogens is 2. The van der Waals surface area contributed by atoms with Crippen LogP contribution in [-0.4, -0.2) is 9.97 Å². The SMILES string of the molecule is Brc1cccc2nc3c4ccccc4c4ccccc4c3nc12. The van der Waals surface area contributed by atoms with E-state index in [-0.39, 0.29) is 0 Å². The smallest absolute Gasteiger partial charge is 0.104 e. The average molecular weight is 359 g/mol. The fraction of sp³-hybridized carbons (Fsp3) is 0. The molecule has 108 valence electrons. The summed E-state index contributed by atoms with van der Waals surface area (Å²) in [5, 5.41) is 4.73. The summed E-state index contributed by atoms with van der Waals surface area (Å²) in [6.07, 6.45) is 0. The average Bonchev–Trinajstić information content (AvgIpc) is 2.61. The lowest BCUT2D eigenvalue weighted by Crippen LogP contribution is -1.91. The van der Waals surface area contributed by atoms with Gasteiger partial charge in [-0.3, -0.25) is 0 Å². The number of halogens is 1. The summed E-state index contributed by atoms with van der Waals surface area (Å²) in [7, 11) is 0. The zero-order valence-electron chi connectivity index (χ0n) is 12.1. The molecule has 0 saturated carbocycles. The molecule has 0 spiro atoms. The van der Waals surface area contributed by atoms with Gasteiger partial charge in [0.15, 0.2) is 0 Å². The first-order chi connectivity index (χ1) is 11.3. The van der Waals surface area contributed by atoms with Crippen LogP contribution in [-0.2, 0) is 0 Å². The lowest BCUT2D eigenvalue weighted by atomic mass is 9.99. The number of benzene rings is 4. The van der Waals surface area contributed by atoms with Crippen molar-refractivity contribution in [2.75, 3.05) is 0 Å². The van der Waals surface area contributed by atoms with E-state index < -0.39 is 0 Å². The Balaban J connectivity index is 2.16. The molecule has 0 amide bonds. The molecule has 2 nitrogen and oxygen atoms in total. The lowest BCUT2D eigenvalue weighted by molar-refractivity contribution is 1.41. The van der Waals surface area contributed by atoms with E-state index in [2.05, 4.69) is 64.5 Å². The number of nitrogens with zero attached hydrogens (tertiary/aromatic N) is 2. The molecule has 0 fully saturated rings. The quantitative estimate of drug-likeness (QED) is 0.256. The Morgan fingerprint density at radius 3 is 1.74 bits per heavy atom. The Morgan fingerprint density at radius 2 is 1.09 bits per heavy atom. The largest absolute Gasteiger partial charge is 0.244 e. The molecular formula is C20H11BrN2. The van der Waals surface area contributed by atoms with Crippen LogP contribution >= 0.6 is 15.9 Å². The molecule has 0 aliphatic heterocycles. The first-order valence-electron chi connectivity index (χ1n) is 7.48. The predicted octanol–water partition coefficient (Wildman–Crippen LogP) is 5.85. The Labute approximate surface area is 140 Å². The van der Waals surface area contributed by atoms with Gasteiger partial charge in [0.25, 0.3) is 0 Å². The molecule has 1 aromatic heterocycles. The zero-order chi connectivity index (χ0) is 15.4. The number of hydrogen-bond acceptors (Lipinski definition) is 2. The molecule has 23 heavy (non-hydrogen) atoms. The van der Waals surface area contributed by atoms with E-state index in [0.29, 0.717) is 0 Å². The summed E-state index contributed by atoms with van der Waals surface area (Å²) >= 11 is 3.59. The summed E-state index contributed by atoms with van der Waals surface area (Å²) in [4.78, 5) is 9.87. The molecule has 0 radical (unpaired) electrons. The third-order valence-electron chi connectivity index (χ3n) is 4.30. The number of rotatable bonds is 0. The van der Waals surface area contributed by atoms with Crippen LogP contribution in [0.5, 0.6) is 0 Å². The van der Waals surface area contributed by atoms with Crippen molar-refractivity contribution < 1.29 is 0 Å². The fourth-order valence-electron chi connectivity index (χ4n) is 3.27. The Hall–Kier alpha value is -2.52. The maximum Gasteiger partial charge on any atom is 0.104 e. The van der Waals surface area contributed by atoms with Crippen LogP contribution in [0.15, 0.2) is 71.2 Å². The molecule has 0 saturated heterocycles. The van der Waals surface area contributed by atoms with Gasteiger partial charge in [-0.05, 0) is 38.8 Å². The van der Waals surface area contributed by atoms with Gasteiger partial charge in [0, 0.05) is 15.2 Å². The minimum absolute atomic E-state index is 0.903. The zero-order valence-corrected chi connectivity index (χ0v) is 13.7. The third-order valence-corrected chi connectivity index (χ3v) is 4.94. The summed E-state index contributed by atoms with van der Waals surface area (Å²) in [5.74, 6) is 0. The van der Waals surface area contributed by atoms with Gasteiger partial charge >= 0.3 is 0 Å². The Bertz CT molecular complexity index is 1230. The molecule has 0 N–H and O–H groups in total. The minimum atomic E-state index is 0.903. The van der Waals surface area contributed by atoms with Crippen molar-refractivity contribution in [1.82, 2.24) is 9.97 Å². The van der Waals surface area contributed by atoms with Gasteiger partial charge in [-0.1, -0.05) is 54.6 Å². The van der Waals surface area contributed by atoms with Gasteiger partial charge in [0.1, 0.15) is 5.52 Å². The van der Waals surface area contributed by atoms with Gasteiger partial charge in [-0.15, -0.1) is 0 Å². The van der Waals surface area contributed by atoms with E-state index in [0.717, 1.165) is 37.3 Å². The molecule has 0 atom stereocenters. The first-order valence-corrected chi connectivity index (χ1v) is 8.28. The lowest BCUT2D eigenvalue weighted by Gasteiger charge is -2.10. The van der Waals surface area contributed by atoms with Gasteiger partial charge < -0.3 is 0 Å². The van der Waals surface area contributed by atoms with Crippen molar-refractivity contribution in [3.8, 4) is 0 Å². The minimum Gasteiger partial charge on any atom is -0.244 e. The van der Waals surface area contributed by atoms with Crippen LogP contribution < -0.4 is 0 Å². The van der Waals surface area contributed by atoms with E-state index in [9.17, 15) is 0 Å². The van der Waals surface area contributed by atoms with Crippen LogP contribution in [0.1, 0.15) is 0 Å². The molecular weight excluding hydrogens is 348 g/mol. The molecule has 0 aliphatic carbocycles. The summed E-state index contributed by atoms with van der Waals surface area (Å²) in [6, 6.07) is 22.8. The normalized spacial score (nSPS) is 11.7. The van der Waals surface area contributed by atoms with Crippen LogP contribution in [0.25, 0.3) is 43.6 Å². The van der Waals surface area contributed by atoms with Gasteiger partial charge in [0.2, 0.25) is 0 Å². The molecule has 5 rings (SSSR count). The third kappa shape index (κ3) is 1.80. The molecule has 4 aromatic carbocycles. The fourth-order valence-corrected chi connectivity index (χ4v) is 3.71. The van der Waals surface area contributed by atoms with Crippen LogP contribution in [0.3, 0.4) is 0 Å². The highest BCUT2D eigenvalue weighted by Crippen LogP contribution is 2.34. The second-order valence-corrected chi connectivity index (χ2v) is 6.47. The summed E-state index contributed by atoms with van der Waals surface area (Å²) < 4.78 is 0.974. The molecule has 0 bridgehead atoms. The van der Waals surface area contributed by atoms with Crippen molar-refractivity contribution in [3.63, 3.8) is 0 Å². The second kappa shape index (κ2) is 4.74. The van der Waals surface area contributed by atoms with E-state index in [4.69, 9.17) is 9.97 Å². The summed E-state index contributed by atoms with van der Waals surface area (Å²) in [6.45, 7) is 0. The van der Waals surface area contributed by atoms with E-state index in [1.807, 2.05) is 18.2 Å². The van der Waals surface area contributed by atoms with Gasteiger partial charge in [0.05, 0.1) is 16.6 Å². The van der Waals surface area contributed by atoms with Crippen LogP contribution in [0.2, 0.25) is 0 Å². The predicted molar refractivity (Wildman–Crippen MR) is 99.8 cm³/mol. The second-order valence-electron chi connectivity index (χ2n) is 5.62. The van der Waals surface area contributed by atoms with E-state index in [1.54, 1.807) is 0 Å². The number of para-hydroxylation sites is 1.